The first-order chi connectivity index (χ1) is 13.7. The first-order valence-corrected chi connectivity index (χ1v) is 9.83. The van der Waals surface area contributed by atoms with Crippen LogP contribution in [-0.2, 0) is 6.42 Å². The number of methoxy groups -OCH3 is 1. The highest BCUT2D eigenvalue weighted by molar-refractivity contribution is 5.99. The zero-order valence-corrected chi connectivity index (χ0v) is 16.2. The van der Waals surface area contributed by atoms with Crippen LogP contribution < -0.4 is 15.4 Å². The number of nitrogens with zero attached hydrogens (tertiary/aromatic N) is 1. The monoisotopic (exact) mass is 381 g/mol. The third-order valence-electron chi connectivity index (χ3n) is 5.08. The maximum absolute atomic E-state index is 12.5. The third kappa shape index (κ3) is 5.31. The molecule has 0 aliphatic heterocycles. The molecule has 0 unspecified atom stereocenters. The van der Waals surface area contributed by atoms with Crippen molar-refractivity contribution in [1.29, 1.82) is 0 Å². The highest BCUT2D eigenvalue weighted by Gasteiger charge is 2.18. The van der Waals surface area contributed by atoms with Gasteiger partial charge in [-0.3, -0.25) is 14.6 Å². The molecule has 3 rings (SSSR count). The predicted molar refractivity (Wildman–Crippen MR) is 108 cm³/mol. The van der Waals surface area contributed by atoms with Crippen LogP contribution in [0, 0.1) is 0 Å². The molecule has 0 bridgehead atoms. The summed E-state index contributed by atoms with van der Waals surface area (Å²) in [6.45, 7) is 0.470. The van der Waals surface area contributed by atoms with E-state index in [-0.39, 0.29) is 17.9 Å². The number of hydrogen-bond donors (Lipinski definition) is 2. The van der Waals surface area contributed by atoms with Gasteiger partial charge >= 0.3 is 0 Å². The lowest BCUT2D eigenvalue weighted by Crippen LogP contribution is -2.36. The molecule has 2 amide bonds. The first-order valence-electron chi connectivity index (χ1n) is 9.83. The summed E-state index contributed by atoms with van der Waals surface area (Å²) in [6, 6.07) is 9.55. The van der Waals surface area contributed by atoms with Crippen LogP contribution in [0.3, 0.4) is 0 Å². The van der Waals surface area contributed by atoms with Crippen LogP contribution in [0.25, 0.3) is 0 Å². The van der Waals surface area contributed by atoms with Gasteiger partial charge < -0.3 is 15.4 Å². The Morgan fingerprint density at radius 3 is 2.54 bits per heavy atom. The largest absolute Gasteiger partial charge is 0.496 e. The van der Waals surface area contributed by atoms with Gasteiger partial charge in [0, 0.05) is 25.0 Å². The van der Waals surface area contributed by atoms with Crippen molar-refractivity contribution >= 4 is 11.8 Å². The van der Waals surface area contributed by atoms with E-state index in [1.54, 1.807) is 13.2 Å². The number of hydrogen-bond acceptors (Lipinski definition) is 4. The minimum absolute atomic E-state index is 0.164. The van der Waals surface area contributed by atoms with Crippen molar-refractivity contribution in [2.24, 2.45) is 0 Å². The Labute approximate surface area is 165 Å². The number of benzene rings is 1. The number of nitrogens with one attached hydrogen (secondary N) is 2. The Hall–Kier alpha value is -2.89. The fourth-order valence-electron chi connectivity index (χ4n) is 3.53. The maximum atomic E-state index is 12.5. The number of carbonyl (C=O) groups excluding carboxylic acids is 2. The Balaban J connectivity index is 1.55. The van der Waals surface area contributed by atoms with Crippen molar-refractivity contribution in [3.05, 3.63) is 59.4 Å². The van der Waals surface area contributed by atoms with Gasteiger partial charge in [-0.05, 0) is 37.0 Å². The van der Waals surface area contributed by atoms with Gasteiger partial charge in [0.25, 0.3) is 11.8 Å². The van der Waals surface area contributed by atoms with Crippen molar-refractivity contribution in [3.63, 3.8) is 0 Å². The smallest absolute Gasteiger partial charge is 0.253 e. The summed E-state index contributed by atoms with van der Waals surface area (Å²) >= 11 is 0. The van der Waals surface area contributed by atoms with E-state index in [0.29, 0.717) is 24.1 Å². The summed E-state index contributed by atoms with van der Waals surface area (Å²) in [4.78, 5) is 29.0. The third-order valence-corrected chi connectivity index (χ3v) is 5.08. The van der Waals surface area contributed by atoms with Gasteiger partial charge in [0.1, 0.15) is 5.75 Å². The Morgan fingerprint density at radius 1 is 1.07 bits per heavy atom. The summed E-state index contributed by atoms with van der Waals surface area (Å²) in [7, 11) is 1.63. The second-order valence-corrected chi connectivity index (χ2v) is 7.09. The number of ether oxygens (including phenoxy) is 1. The molecule has 0 atom stereocenters. The molecular weight excluding hydrogens is 354 g/mol. The van der Waals surface area contributed by atoms with Gasteiger partial charge in [-0.1, -0.05) is 37.5 Å². The van der Waals surface area contributed by atoms with Crippen LogP contribution in [0.5, 0.6) is 5.75 Å². The van der Waals surface area contributed by atoms with Crippen molar-refractivity contribution in [1.82, 2.24) is 15.6 Å². The average Bonchev–Trinajstić information content (AvgIpc) is 2.75. The second kappa shape index (κ2) is 9.88. The number of pyridine rings is 1. The standard InChI is InChI=1S/C22H27N3O3/c1-28-20-10-6-5-7-16(20)11-12-24-21(26)17-13-18(15-23-14-17)22(27)25-19-8-3-2-4-9-19/h5-7,10,13-15,19H,2-4,8-9,11-12H2,1H3,(H,24,26)(H,25,27). The van der Waals surface area contributed by atoms with Crippen molar-refractivity contribution in [2.75, 3.05) is 13.7 Å². The van der Waals surface area contributed by atoms with Gasteiger partial charge in [0.15, 0.2) is 0 Å². The predicted octanol–water partition coefficient (Wildman–Crippen LogP) is 3.13. The van der Waals surface area contributed by atoms with E-state index in [2.05, 4.69) is 15.6 Å². The maximum Gasteiger partial charge on any atom is 0.253 e. The lowest BCUT2D eigenvalue weighted by atomic mass is 9.95. The molecular formula is C22H27N3O3. The van der Waals surface area contributed by atoms with Gasteiger partial charge in [-0.25, -0.2) is 0 Å². The molecule has 2 aromatic rings. The van der Waals surface area contributed by atoms with E-state index >= 15 is 0 Å². The fraction of sp³-hybridized carbons (Fsp3) is 0.409. The Bertz CT molecular complexity index is 816. The van der Waals surface area contributed by atoms with Gasteiger partial charge in [0.05, 0.1) is 18.2 Å². The van der Waals surface area contributed by atoms with Crippen molar-refractivity contribution in [2.45, 2.75) is 44.6 Å². The minimum Gasteiger partial charge on any atom is -0.496 e. The Kier molecular flexibility index (Phi) is 7.00. The van der Waals surface area contributed by atoms with Gasteiger partial charge in [-0.15, -0.1) is 0 Å². The molecule has 1 heterocycles. The molecule has 1 aliphatic rings. The first kappa shape index (κ1) is 19.9. The van der Waals surface area contributed by atoms with Crippen molar-refractivity contribution < 1.29 is 14.3 Å². The lowest BCUT2D eigenvalue weighted by molar-refractivity contribution is 0.0927. The van der Waals surface area contributed by atoms with Crippen molar-refractivity contribution in [3.8, 4) is 5.75 Å². The van der Waals surface area contributed by atoms with E-state index in [4.69, 9.17) is 4.74 Å². The van der Waals surface area contributed by atoms with Gasteiger partial charge in [-0.2, -0.15) is 0 Å². The van der Waals surface area contributed by atoms with E-state index in [1.165, 1.54) is 18.8 Å². The zero-order valence-electron chi connectivity index (χ0n) is 16.2. The zero-order chi connectivity index (χ0) is 19.8. The molecule has 0 spiro atoms. The number of carbonyl (C=O) groups is 2. The van der Waals surface area contributed by atoms with Crippen LogP contribution in [0.4, 0.5) is 0 Å². The van der Waals surface area contributed by atoms with Crippen LogP contribution in [0.2, 0.25) is 0 Å². The number of rotatable bonds is 7. The molecule has 28 heavy (non-hydrogen) atoms. The SMILES string of the molecule is COc1ccccc1CCNC(=O)c1cncc(C(=O)NC2CCCCC2)c1. The van der Waals surface area contributed by atoms with E-state index in [0.717, 1.165) is 37.0 Å². The summed E-state index contributed by atoms with van der Waals surface area (Å²) in [5.41, 5.74) is 1.84. The highest BCUT2D eigenvalue weighted by Crippen LogP contribution is 2.18. The van der Waals surface area contributed by atoms with Crippen LogP contribution in [-0.4, -0.2) is 36.5 Å². The molecule has 2 N–H and O–H groups in total. The summed E-state index contributed by atoms with van der Waals surface area (Å²) in [5.74, 6) is 0.401. The molecule has 1 aromatic carbocycles. The summed E-state index contributed by atoms with van der Waals surface area (Å²) < 4.78 is 5.32. The molecule has 1 fully saturated rings. The number of aromatic nitrogens is 1. The van der Waals surface area contributed by atoms with Gasteiger partial charge in [0.2, 0.25) is 0 Å². The number of amides is 2. The van der Waals surface area contributed by atoms with E-state index in [9.17, 15) is 9.59 Å². The molecule has 0 saturated heterocycles. The molecule has 6 heteroatoms. The topological polar surface area (TPSA) is 80.3 Å². The molecule has 148 valence electrons. The normalized spacial score (nSPS) is 14.3. The second-order valence-electron chi connectivity index (χ2n) is 7.09. The summed E-state index contributed by atoms with van der Waals surface area (Å²) in [5, 5.41) is 5.93. The van der Waals surface area contributed by atoms with Crippen LogP contribution in [0.1, 0.15) is 58.4 Å². The average molecular weight is 381 g/mol. The van der Waals surface area contributed by atoms with E-state index in [1.807, 2.05) is 24.3 Å². The molecule has 0 radical (unpaired) electrons. The van der Waals surface area contributed by atoms with E-state index < -0.39 is 0 Å². The number of para-hydroxylation sites is 1. The molecule has 1 saturated carbocycles. The quantitative estimate of drug-likeness (QED) is 0.772. The summed E-state index contributed by atoms with van der Waals surface area (Å²) in [6.07, 6.45) is 9.21. The Morgan fingerprint density at radius 2 is 1.79 bits per heavy atom. The fourth-order valence-corrected chi connectivity index (χ4v) is 3.53. The highest BCUT2D eigenvalue weighted by atomic mass is 16.5. The molecule has 6 nitrogen and oxygen atoms in total. The molecule has 1 aromatic heterocycles. The molecule has 1 aliphatic carbocycles. The minimum atomic E-state index is -0.241. The van der Waals surface area contributed by atoms with Crippen LogP contribution >= 0.6 is 0 Å². The van der Waals surface area contributed by atoms with Crippen LogP contribution in [0.15, 0.2) is 42.7 Å². The lowest BCUT2D eigenvalue weighted by Gasteiger charge is -2.22.